The lowest BCUT2D eigenvalue weighted by Crippen LogP contribution is -2.11. The predicted molar refractivity (Wildman–Crippen MR) is 76.7 cm³/mol. The molecule has 17 heavy (non-hydrogen) atoms. The molecule has 2 N–H and O–H groups in total. The molecule has 0 aliphatic heterocycles. The van der Waals surface area contributed by atoms with E-state index < -0.39 is 0 Å². The van der Waals surface area contributed by atoms with Crippen LogP contribution in [0.2, 0.25) is 0 Å². The van der Waals surface area contributed by atoms with Gasteiger partial charge in [-0.15, -0.1) is 0 Å². The van der Waals surface area contributed by atoms with Gasteiger partial charge in [-0.3, -0.25) is 9.78 Å². The molecule has 0 saturated carbocycles. The fraction of sp³-hybridized carbons (Fsp3) is 0.231. The van der Waals surface area contributed by atoms with Crippen LogP contribution in [-0.2, 0) is 11.2 Å². The second-order valence-electron chi connectivity index (χ2n) is 4.06. The first-order chi connectivity index (χ1) is 8.06. The van der Waals surface area contributed by atoms with Gasteiger partial charge in [-0.1, -0.05) is 0 Å². The van der Waals surface area contributed by atoms with Crippen LogP contribution in [0.3, 0.4) is 0 Å². The fourth-order valence-corrected chi connectivity index (χ4v) is 2.31. The van der Waals surface area contributed by atoms with Gasteiger partial charge in [0.25, 0.3) is 0 Å². The SMILES string of the molecule is Cc1cc(CCC(N)=O)nc2ccc(I)cc12. The third-order valence-corrected chi connectivity index (χ3v) is 3.33. The minimum atomic E-state index is -0.285. The van der Waals surface area contributed by atoms with E-state index in [1.54, 1.807) is 0 Å². The molecular weight excluding hydrogens is 327 g/mol. The molecule has 88 valence electrons. The molecule has 0 bridgehead atoms. The number of amides is 1. The number of hydrogen-bond donors (Lipinski definition) is 1. The smallest absolute Gasteiger partial charge is 0.217 e. The van der Waals surface area contributed by atoms with Crippen molar-refractivity contribution >= 4 is 39.4 Å². The van der Waals surface area contributed by atoms with E-state index in [-0.39, 0.29) is 5.91 Å². The van der Waals surface area contributed by atoms with Crippen molar-refractivity contribution in [3.63, 3.8) is 0 Å². The number of rotatable bonds is 3. The zero-order valence-corrected chi connectivity index (χ0v) is 11.7. The lowest BCUT2D eigenvalue weighted by atomic mass is 10.1. The normalized spacial score (nSPS) is 10.7. The Labute approximate surface area is 114 Å². The average Bonchev–Trinajstić information content (AvgIpc) is 2.27. The summed E-state index contributed by atoms with van der Waals surface area (Å²) in [5.41, 5.74) is 8.23. The first-order valence-corrected chi connectivity index (χ1v) is 6.48. The monoisotopic (exact) mass is 340 g/mol. The highest BCUT2D eigenvalue weighted by Crippen LogP contribution is 2.20. The molecule has 0 radical (unpaired) electrons. The average molecular weight is 340 g/mol. The number of halogens is 1. The van der Waals surface area contributed by atoms with Crippen LogP contribution in [0.25, 0.3) is 10.9 Å². The third-order valence-electron chi connectivity index (χ3n) is 2.66. The summed E-state index contributed by atoms with van der Waals surface area (Å²) < 4.78 is 1.20. The Morgan fingerprint density at radius 2 is 2.18 bits per heavy atom. The van der Waals surface area contributed by atoms with Crippen LogP contribution in [-0.4, -0.2) is 10.9 Å². The van der Waals surface area contributed by atoms with Gasteiger partial charge in [-0.05, 0) is 65.8 Å². The van der Waals surface area contributed by atoms with Gasteiger partial charge < -0.3 is 5.73 Å². The minimum Gasteiger partial charge on any atom is -0.370 e. The summed E-state index contributed by atoms with van der Waals surface area (Å²) in [4.78, 5) is 15.3. The Balaban J connectivity index is 2.41. The molecule has 0 fully saturated rings. The lowest BCUT2D eigenvalue weighted by molar-refractivity contribution is -0.118. The Bertz CT molecular complexity index is 581. The molecule has 0 saturated heterocycles. The van der Waals surface area contributed by atoms with Crippen molar-refractivity contribution in [2.24, 2.45) is 5.73 Å². The Morgan fingerprint density at radius 3 is 2.88 bits per heavy atom. The molecule has 0 atom stereocenters. The molecule has 4 heteroatoms. The summed E-state index contributed by atoms with van der Waals surface area (Å²) in [6.45, 7) is 2.06. The highest BCUT2D eigenvalue weighted by Gasteiger charge is 2.04. The van der Waals surface area contributed by atoms with Crippen LogP contribution in [0.5, 0.6) is 0 Å². The molecular formula is C13H13IN2O. The fourth-order valence-electron chi connectivity index (χ4n) is 1.82. The number of carbonyl (C=O) groups is 1. The van der Waals surface area contributed by atoms with Crippen molar-refractivity contribution in [1.29, 1.82) is 0 Å². The third kappa shape index (κ3) is 2.94. The molecule has 0 spiro atoms. The Kier molecular flexibility index (Phi) is 3.61. The largest absolute Gasteiger partial charge is 0.370 e. The van der Waals surface area contributed by atoms with Gasteiger partial charge in [0, 0.05) is 21.1 Å². The number of aromatic nitrogens is 1. The van der Waals surface area contributed by atoms with E-state index >= 15 is 0 Å². The second-order valence-corrected chi connectivity index (χ2v) is 5.30. The first kappa shape index (κ1) is 12.3. The number of nitrogens with two attached hydrogens (primary N) is 1. The van der Waals surface area contributed by atoms with Crippen LogP contribution in [0.1, 0.15) is 17.7 Å². The first-order valence-electron chi connectivity index (χ1n) is 5.40. The summed E-state index contributed by atoms with van der Waals surface area (Å²) in [7, 11) is 0. The van der Waals surface area contributed by atoms with Crippen molar-refractivity contribution < 1.29 is 4.79 Å². The van der Waals surface area contributed by atoms with E-state index in [9.17, 15) is 4.79 Å². The van der Waals surface area contributed by atoms with Gasteiger partial charge in [0.2, 0.25) is 5.91 Å². The molecule has 2 aromatic rings. The number of benzene rings is 1. The standard InChI is InChI=1S/C13H13IN2O/c1-8-6-10(3-5-13(15)17)16-12-4-2-9(14)7-11(8)12/h2,4,6-7H,3,5H2,1H3,(H2,15,17). The van der Waals surface area contributed by atoms with E-state index in [0.29, 0.717) is 12.8 Å². The summed E-state index contributed by atoms with van der Waals surface area (Å²) in [5, 5.41) is 1.17. The van der Waals surface area contributed by atoms with Crippen molar-refractivity contribution in [3.8, 4) is 0 Å². The molecule has 3 nitrogen and oxygen atoms in total. The number of primary amides is 1. The molecule has 1 aromatic heterocycles. The Morgan fingerprint density at radius 1 is 1.41 bits per heavy atom. The number of aryl methyl sites for hydroxylation is 2. The maximum absolute atomic E-state index is 10.8. The van der Waals surface area contributed by atoms with Crippen LogP contribution < -0.4 is 5.73 Å². The van der Waals surface area contributed by atoms with Crippen LogP contribution >= 0.6 is 22.6 Å². The molecule has 0 aliphatic rings. The number of nitrogens with zero attached hydrogens (tertiary/aromatic N) is 1. The van der Waals surface area contributed by atoms with Crippen LogP contribution in [0.4, 0.5) is 0 Å². The summed E-state index contributed by atoms with van der Waals surface area (Å²) in [6.07, 6.45) is 0.959. The van der Waals surface area contributed by atoms with Gasteiger partial charge >= 0.3 is 0 Å². The van der Waals surface area contributed by atoms with Gasteiger partial charge in [0.1, 0.15) is 0 Å². The molecule has 0 unspecified atom stereocenters. The van der Waals surface area contributed by atoms with Gasteiger partial charge in [-0.25, -0.2) is 0 Å². The topological polar surface area (TPSA) is 56.0 Å². The maximum Gasteiger partial charge on any atom is 0.217 e. The van der Waals surface area contributed by atoms with Crippen molar-refractivity contribution in [2.45, 2.75) is 19.8 Å². The molecule has 1 aromatic carbocycles. The van der Waals surface area contributed by atoms with Crippen molar-refractivity contribution in [3.05, 3.63) is 39.1 Å². The predicted octanol–water partition coefficient (Wildman–Crippen LogP) is 2.57. The molecule has 1 amide bonds. The van der Waals surface area contributed by atoms with Gasteiger partial charge in [0.15, 0.2) is 0 Å². The minimum absolute atomic E-state index is 0.285. The maximum atomic E-state index is 10.8. The van der Waals surface area contributed by atoms with Crippen LogP contribution in [0.15, 0.2) is 24.3 Å². The summed E-state index contributed by atoms with van der Waals surface area (Å²) in [6, 6.07) is 8.20. The van der Waals surface area contributed by atoms with Crippen molar-refractivity contribution in [1.82, 2.24) is 4.98 Å². The highest BCUT2D eigenvalue weighted by molar-refractivity contribution is 14.1. The Hall–Kier alpha value is -1.17. The highest BCUT2D eigenvalue weighted by atomic mass is 127. The zero-order chi connectivity index (χ0) is 12.4. The van der Waals surface area contributed by atoms with E-state index in [0.717, 1.165) is 11.2 Å². The quantitative estimate of drug-likeness (QED) is 0.873. The van der Waals surface area contributed by atoms with E-state index in [1.807, 2.05) is 18.2 Å². The number of hydrogen-bond acceptors (Lipinski definition) is 2. The van der Waals surface area contributed by atoms with Gasteiger partial charge in [-0.2, -0.15) is 0 Å². The number of pyridine rings is 1. The number of fused-ring (bicyclic) bond motifs is 1. The molecule has 2 rings (SSSR count). The molecule has 1 heterocycles. The summed E-state index contributed by atoms with van der Waals surface area (Å²) >= 11 is 2.29. The number of carbonyl (C=O) groups excluding carboxylic acids is 1. The second kappa shape index (κ2) is 5.00. The van der Waals surface area contributed by atoms with E-state index in [1.165, 1.54) is 14.5 Å². The van der Waals surface area contributed by atoms with Crippen molar-refractivity contribution in [2.75, 3.05) is 0 Å². The lowest BCUT2D eigenvalue weighted by Gasteiger charge is -2.06. The summed E-state index contributed by atoms with van der Waals surface area (Å²) in [5.74, 6) is -0.285. The van der Waals surface area contributed by atoms with Gasteiger partial charge in [0.05, 0.1) is 5.52 Å². The molecule has 0 aliphatic carbocycles. The zero-order valence-electron chi connectivity index (χ0n) is 9.53. The van der Waals surface area contributed by atoms with Crippen LogP contribution in [0, 0.1) is 10.5 Å². The van der Waals surface area contributed by atoms with E-state index in [2.05, 4.69) is 40.6 Å². The van der Waals surface area contributed by atoms with E-state index in [4.69, 9.17) is 5.73 Å².